The molecule has 0 radical (unpaired) electrons. The molecule has 0 atom stereocenters. The molecule has 1 heterocycles. The van der Waals surface area contributed by atoms with Gasteiger partial charge in [0.05, 0.1) is 17.9 Å². The van der Waals surface area contributed by atoms with Crippen molar-refractivity contribution in [3.8, 4) is 0 Å². The molecule has 2 aromatic carbocycles. The first-order chi connectivity index (χ1) is 12.7. The Morgan fingerprint density at radius 1 is 1.08 bits per heavy atom. The Balaban J connectivity index is 1.76. The van der Waals surface area contributed by atoms with Gasteiger partial charge < -0.3 is 15.4 Å². The highest BCUT2D eigenvalue weighted by atomic mass is 32.2. The highest BCUT2D eigenvalue weighted by Crippen LogP contribution is 2.22. The second-order valence-electron chi connectivity index (χ2n) is 5.39. The van der Waals surface area contributed by atoms with Crippen molar-refractivity contribution in [3.63, 3.8) is 0 Å². The molecule has 0 fully saturated rings. The Kier molecular flexibility index (Phi) is 6.25. The molecule has 0 aromatic heterocycles. The van der Waals surface area contributed by atoms with Crippen molar-refractivity contribution >= 4 is 46.7 Å². The molecule has 0 aliphatic carbocycles. The van der Waals surface area contributed by atoms with Crippen molar-refractivity contribution in [3.05, 3.63) is 65.3 Å². The first-order valence-electron chi connectivity index (χ1n) is 7.98. The summed E-state index contributed by atoms with van der Waals surface area (Å²) in [6.45, 7) is 0.498. The van der Waals surface area contributed by atoms with E-state index in [1.807, 2.05) is 30.5 Å². The van der Waals surface area contributed by atoms with Gasteiger partial charge in [-0.25, -0.2) is 0 Å². The maximum Gasteiger partial charge on any atom is 0.291 e. The van der Waals surface area contributed by atoms with E-state index < -0.39 is 0 Å². The number of amides is 2. The molecule has 0 saturated heterocycles. The smallest absolute Gasteiger partial charge is 0.291 e. The highest BCUT2D eigenvalue weighted by molar-refractivity contribution is 8.02. The van der Waals surface area contributed by atoms with Crippen molar-refractivity contribution < 1.29 is 14.3 Å². The van der Waals surface area contributed by atoms with Crippen molar-refractivity contribution in [2.24, 2.45) is 0 Å². The average Bonchev–Trinajstić information content (AvgIpc) is 2.69. The monoisotopic (exact) mass is 386 g/mol. The van der Waals surface area contributed by atoms with Crippen molar-refractivity contribution in [1.82, 2.24) is 0 Å². The third kappa shape index (κ3) is 4.62. The summed E-state index contributed by atoms with van der Waals surface area (Å²) >= 11 is 3.13. The van der Waals surface area contributed by atoms with Crippen LogP contribution in [0.15, 0.2) is 64.6 Å². The Labute approximate surface area is 160 Å². The molecule has 2 aromatic rings. The standard InChI is InChI=1S/C19H18N2O3S2/c1-25-14-6-4-5-13(11-14)20-18(22)15-7-2-3-8-16(15)21-19(23)17-12-26-10-9-24-17/h2-8,11-12H,9-10H2,1H3,(H,20,22)(H,21,23). The van der Waals surface area contributed by atoms with Gasteiger partial charge in [0.15, 0.2) is 5.76 Å². The van der Waals surface area contributed by atoms with Crippen LogP contribution in [0.1, 0.15) is 10.4 Å². The molecule has 0 bridgehead atoms. The summed E-state index contributed by atoms with van der Waals surface area (Å²) in [5.41, 5.74) is 1.54. The first kappa shape index (κ1) is 18.4. The van der Waals surface area contributed by atoms with E-state index in [0.717, 1.165) is 10.6 Å². The zero-order valence-corrected chi connectivity index (χ0v) is 15.8. The summed E-state index contributed by atoms with van der Waals surface area (Å²) < 4.78 is 5.36. The van der Waals surface area contributed by atoms with E-state index in [1.54, 1.807) is 41.4 Å². The predicted molar refractivity (Wildman–Crippen MR) is 108 cm³/mol. The maximum atomic E-state index is 12.7. The number of hydrogen-bond donors (Lipinski definition) is 2. The molecule has 0 saturated carbocycles. The van der Waals surface area contributed by atoms with Crippen LogP contribution in [0, 0.1) is 0 Å². The molecule has 0 unspecified atom stereocenters. The summed E-state index contributed by atoms with van der Waals surface area (Å²) in [6.07, 6.45) is 1.98. The van der Waals surface area contributed by atoms with Gasteiger partial charge in [-0.2, -0.15) is 0 Å². The number of nitrogens with one attached hydrogen (secondary N) is 2. The summed E-state index contributed by atoms with van der Waals surface area (Å²) in [4.78, 5) is 26.1. The van der Waals surface area contributed by atoms with Crippen LogP contribution in [0.25, 0.3) is 0 Å². The third-order valence-electron chi connectivity index (χ3n) is 3.62. The normalized spacial score (nSPS) is 13.3. The molecule has 2 amide bonds. The van der Waals surface area contributed by atoms with Gasteiger partial charge in [-0.3, -0.25) is 9.59 Å². The van der Waals surface area contributed by atoms with Crippen LogP contribution in [-0.2, 0) is 9.53 Å². The SMILES string of the molecule is CSc1cccc(NC(=O)c2ccccc2NC(=O)C2=CSCCO2)c1. The summed E-state index contributed by atoms with van der Waals surface area (Å²) in [7, 11) is 0. The van der Waals surface area contributed by atoms with Crippen LogP contribution in [-0.4, -0.2) is 30.4 Å². The van der Waals surface area contributed by atoms with Crippen LogP contribution < -0.4 is 10.6 Å². The molecule has 0 spiro atoms. The van der Waals surface area contributed by atoms with Crippen molar-refractivity contribution in [2.45, 2.75) is 4.90 Å². The molecular weight excluding hydrogens is 368 g/mol. The number of rotatable bonds is 5. The van der Waals surface area contributed by atoms with E-state index in [-0.39, 0.29) is 17.6 Å². The molecule has 7 heteroatoms. The molecule has 3 rings (SSSR count). The molecule has 1 aliphatic rings. The molecular formula is C19H18N2O3S2. The lowest BCUT2D eigenvalue weighted by Gasteiger charge is -2.16. The van der Waals surface area contributed by atoms with E-state index in [2.05, 4.69) is 10.6 Å². The summed E-state index contributed by atoms with van der Waals surface area (Å²) in [5, 5.41) is 7.32. The number of carbonyl (C=O) groups is 2. The summed E-state index contributed by atoms with van der Waals surface area (Å²) in [6, 6.07) is 14.5. The second kappa shape index (κ2) is 8.82. The Bertz CT molecular complexity index is 852. The van der Waals surface area contributed by atoms with Crippen LogP contribution in [0.5, 0.6) is 0 Å². The number of hydrogen-bond acceptors (Lipinski definition) is 5. The van der Waals surface area contributed by atoms with E-state index in [9.17, 15) is 9.59 Å². The first-order valence-corrected chi connectivity index (χ1v) is 10.2. The number of anilines is 2. The van der Waals surface area contributed by atoms with Crippen molar-refractivity contribution in [2.75, 3.05) is 29.2 Å². The zero-order valence-electron chi connectivity index (χ0n) is 14.2. The lowest BCUT2D eigenvalue weighted by Crippen LogP contribution is -2.21. The van der Waals surface area contributed by atoms with Gasteiger partial charge in [0, 0.05) is 21.7 Å². The highest BCUT2D eigenvalue weighted by Gasteiger charge is 2.18. The van der Waals surface area contributed by atoms with E-state index >= 15 is 0 Å². The predicted octanol–water partition coefficient (Wildman–Crippen LogP) is 4.20. The molecule has 1 aliphatic heterocycles. The fourth-order valence-electron chi connectivity index (χ4n) is 2.36. The number of ether oxygens (including phenoxy) is 1. The Morgan fingerprint density at radius 2 is 1.92 bits per heavy atom. The van der Waals surface area contributed by atoms with Gasteiger partial charge in [-0.05, 0) is 36.6 Å². The van der Waals surface area contributed by atoms with Gasteiger partial charge in [-0.1, -0.05) is 18.2 Å². The van der Waals surface area contributed by atoms with Crippen LogP contribution in [0.3, 0.4) is 0 Å². The van der Waals surface area contributed by atoms with Crippen molar-refractivity contribution in [1.29, 1.82) is 0 Å². The van der Waals surface area contributed by atoms with Gasteiger partial charge in [0.2, 0.25) is 0 Å². The molecule has 26 heavy (non-hydrogen) atoms. The molecule has 134 valence electrons. The fourth-order valence-corrected chi connectivity index (χ4v) is 3.44. The molecule has 5 nitrogen and oxygen atoms in total. The Hall–Kier alpha value is -2.38. The third-order valence-corrected chi connectivity index (χ3v) is 5.13. The number of benzene rings is 2. The number of para-hydroxylation sites is 1. The average molecular weight is 386 g/mol. The zero-order chi connectivity index (χ0) is 18.4. The van der Waals surface area contributed by atoms with Gasteiger partial charge >= 0.3 is 0 Å². The van der Waals surface area contributed by atoms with Crippen LogP contribution in [0.2, 0.25) is 0 Å². The second-order valence-corrected chi connectivity index (χ2v) is 7.24. The number of thioether (sulfide) groups is 2. The topological polar surface area (TPSA) is 67.4 Å². The largest absolute Gasteiger partial charge is 0.487 e. The lowest BCUT2D eigenvalue weighted by atomic mass is 10.1. The Morgan fingerprint density at radius 3 is 2.69 bits per heavy atom. The maximum absolute atomic E-state index is 12.7. The minimum atomic E-state index is -0.359. The van der Waals surface area contributed by atoms with Crippen LogP contribution in [0.4, 0.5) is 11.4 Å². The summed E-state index contributed by atoms with van der Waals surface area (Å²) in [5.74, 6) is 0.447. The van der Waals surface area contributed by atoms with Gasteiger partial charge in [0.1, 0.15) is 0 Å². The van der Waals surface area contributed by atoms with Gasteiger partial charge in [0.25, 0.3) is 11.8 Å². The van der Waals surface area contributed by atoms with Crippen LogP contribution >= 0.6 is 23.5 Å². The van der Waals surface area contributed by atoms with Gasteiger partial charge in [-0.15, -0.1) is 23.5 Å². The molecule has 2 N–H and O–H groups in total. The van der Waals surface area contributed by atoms with E-state index in [0.29, 0.717) is 23.5 Å². The minimum absolute atomic E-state index is 0.268. The number of carbonyl (C=O) groups excluding carboxylic acids is 2. The van der Waals surface area contributed by atoms with E-state index in [1.165, 1.54) is 11.8 Å². The van der Waals surface area contributed by atoms with E-state index in [4.69, 9.17) is 4.74 Å². The lowest BCUT2D eigenvalue weighted by molar-refractivity contribution is -0.116. The fraction of sp³-hybridized carbons (Fsp3) is 0.158. The quantitative estimate of drug-likeness (QED) is 0.754. The minimum Gasteiger partial charge on any atom is -0.487 e.